The SMILES string of the molecule is CCCCN1CCN(c2cc(CCC(=O)O)ccc2C2CCC(C(C)(C)C)CC2)CC1. The van der Waals surface area contributed by atoms with E-state index in [0.29, 0.717) is 17.8 Å². The van der Waals surface area contributed by atoms with Crippen LogP contribution in [-0.2, 0) is 11.2 Å². The minimum atomic E-state index is -0.712. The molecule has 1 aromatic carbocycles. The van der Waals surface area contributed by atoms with Gasteiger partial charge in [0, 0.05) is 38.3 Å². The first-order valence-corrected chi connectivity index (χ1v) is 12.6. The summed E-state index contributed by atoms with van der Waals surface area (Å²) in [5, 5.41) is 9.13. The Hall–Kier alpha value is -1.55. The number of unbranched alkanes of at least 4 members (excludes halogenated alkanes) is 1. The van der Waals surface area contributed by atoms with E-state index in [4.69, 9.17) is 5.11 Å². The lowest BCUT2D eigenvalue weighted by Gasteiger charge is -2.40. The number of aryl methyl sites for hydroxylation is 1. The molecule has 1 aliphatic heterocycles. The minimum absolute atomic E-state index is 0.209. The van der Waals surface area contributed by atoms with Crippen molar-refractivity contribution in [2.45, 2.75) is 85.0 Å². The molecule has 1 aromatic rings. The molecule has 1 saturated carbocycles. The molecule has 0 atom stereocenters. The van der Waals surface area contributed by atoms with E-state index in [2.05, 4.69) is 55.7 Å². The molecule has 1 saturated heterocycles. The number of rotatable bonds is 8. The summed E-state index contributed by atoms with van der Waals surface area (Å²) in [5.74, 6) is 0.750. The number of carboxylic acid groups (broad SMARTS) is 1. The van der Waals surface area contributed by atoms with Crippen molar-refractivity contribution in [3.05, 3.63) is 29.3 Å². The van der Waals surface area contributed by atoms with Gasteiger partial charge in [0.15, 0.2) is 0 Å². The van der Waals surface area contributed by atoms with Gasteiger partial charge in [-0.25, -0.2) is 0 Å². The standard InChI is InChI=1S/C27H44N2O2/c1-5-6-15-28-16-18-29(19-17-28)25-20-21(8-14-26(30)31)7-13-24(25)22-9-11-23(12-10-22)27(2,3)4/h7,13,20,22-23H,5-6,8-12,14-19H2,1-4H3,(H,30,31). The first-order valence-electron chi connectivity index (χ1n) is 12.6. The normalized spacial score (nSPS) is 23.2. The maximum atomic E-state index is 11.1. The second kappa shape index (κ2) is 10.8. The van der Waals surface area contributed by atoms with Gasteiger partial charge in [0.1, 0.15) is 0 Å². The number of carboxylic acids is 1. The lowest BCUT2D eigenvalue weighted by molar-refractivity contribution is -0.136. The van der Waals surface area contributed by atoms with Crippen molar-refractivity contribution >= 4 is 11.7 Å². The molecule has 3 rings (SSSR count). The van der Waals surface area contributed by atoms with Gasteiger partial charge in [-0.05, 0) is 79.5 Å². The van der Waals surface area contributed by atoms with Crippen LogP contribution in [0.3, 0.4) is 0 Å². The van der Waals surface area contributed by atoms with Gasteiger partial charge in [-0.15, -0.1) is 0 Å². The number of hydrogen-bond acceptors (Lipinski definition) is 3. The Morgan fingerprint density at radius 3 is 2.32 bits per heavy atom. The highest BCUT2D eigenvalue weighted by molar-refractivity contribution is 5.67. The van der Waals surface area contributed by atoms with E-state index < -0.39 is 5.97 Å². The maximum absolute atomic E-state index is 11.1. The molecule has 1 N–H and O–H groups in total. The van der Waals surface area contributed by atoms with E-state index in [1.54, 1.807) is 0 Å². The summed E-state index contributed by atoms with van der Waals surface area (Å²) < 4.78 is 0. The first kappa shape index (κ1) is 24.1. The van der Waals surface area contributed by atoms with Crippen LogP contribution in [-0.4, -0.2) is 48.7 Å². The van der Waals surface area contributed by atoms with Crippen LogP contribution >= 0.6 is 0 Å². The highest BCUT2D eigenvalue weighted by Crippen LogP contribution is 2.45. The van der Waals surface area contributed by atoms with Crippen molar-refractivity contribution < 1.29 is 9.90 Å². The number of nitrogens with zero attached hydrogens (tertiary/aromatic N) is 2. The van der Waals surface area contributed by atoms with Gasteiger partial charge in [0.05, 0.1) is 0 Å². The molecule has 31 heavy (non-hydrogen) atoms. The van der Waals surface area contributed by atoms with E-state index in [1.165, 1.54) is 56.3 Å². The van der Waals surface area contributed by atoms with Gasteiger partial charge in [-0.1, -0.05) is 46.2 Å². The average Bonchev–Trinajstić information content (AvgIpc) is 2.76. The number of carbonyl (C=O) groups is 1. The monoisotopic (exact) mass is 428 g/mol. The van der Waals surface area contributed by atoms with Crippen LogP contribution in [0.5, 0.6) is 0 Å². The Balaban J connectivity index is 1.75. The molecular formula is C27H44N2O2. The maximum Gasteiger partial charge on any atom is 0.303 e. The third kappa shape index (κ3) is 6.71. The Bertz CT molecular complexity index is 708. The zero-order chi connectivity index (χ0) is 22.4. The zero-order valence-corrected chi connectivity index (χ0v) is 20.3. The van der Waals surface area contributed by atoms with Crippen LogP contribution < -0.4 is 4.90 Å². The van der Waals surface area contributed by atoms with Gasteiger partial charge in [0.25, 0.3) is 0 Å². The Kier molecular flexibility index (Phi) is 8.43. The van der Waals surface area contributed by atoms with E-state index in [-0.39, 0.29) is 6.42 Å². The van der Waals surface area contributed by atoms with Crippen LogP contribution in [0.4, 0.5) is 5.69 Å². The molecule has 1 heterocycles. The number of benzene rings is 1. The molecule has 4 nitrogen and oxygen atoms in total. The third-order valence-electron chi connectivity index (χ3n) is 7.66. The van der Waals surface area contributed by atoms with Crippen LogP contribution in [0, 0.1) is 11.3 Å². The Labute approximate surface area is 190 Å². The molecule has 2 aliphatic rings. The third-order valence-corrected chi connectivity index (χ3v) is 7.66. The molecule has 4 heteroatoms. The topological polar surface area (TPSA) is 43.8 Å². The molecule has 174 valence electrons. The quantitative estimate of drug-likeness (QED) is 0.556. The fourth-order valence-corrected chi connectivity index (χ4v) is 5.48. The fraction of sp³-hybridized carbons (Fsp3) is 0.741. The van der Waals surface area contributed by atoms with Crippen molar-refractivity contribution in [3.63, 3.8) is 0 Å². The lowest BCUT2D eigenvalue weighted by atomic mass is 9.68. The average molecular weight is 429 g/mol. The smallest absolute Gasteiger partial charge is 0.303 e. The summed E-state index contributed by atoms with van der Waals surface area (Å²) in [7, 11) is 0. The van der Waals surface area contributed by atoms with E-state index in [1.807, 2.05) is 0 Å². The van der Waals surface area contributed by atoms with E-state index >= 15 is 0 Å². The number of aliphatic carboxylic acids is 1. The molecule has 1 aliphatic carbocycles. The number of anilines is 1. The molecule has 0 bridgehead atoms. The van der Waals surface area contributed by atoms with Crippen molar-refractivity contribution in [3.8, 4) is 0 Å². The summed E-state index contributed by atoms with van der Waals surface area (Å²) in [4.78, 5) is 16.3. The van der Waals surface area contributed by atoms with Crippen molar-refractivity contribution in [2.75, 3.05) is 37.6 Å². The Morgan fingerprint density at radius 1 is 1.06 bits per heavy atom. The predicted molar refractivity (Wildman–Crippen MR) is 130 cm³/mol. The largest absolute Gasteiger partial charge is 0.481 e. The van der Waals surface area contributed by atoms with Crippen LogP contribution in [0.15, 0.2) is 18.2 Å². The lowest BCUT2D eigenvalue weighted by Crippen LogP contribution is -2.47. The first-order chi connectivity index (χ1) is 14.8. The zero-order valence-electron chi connectivity index (χ0n) is 20.3. The molecule has 0 unspecified atom stereocenters. The second-order valence-corrected chi connectivity index (χ2v) is 10.9. The highest BCUT2D eigenvalue weighted by Gasteiger charge is 2.32. The number of piperazine rings is 1. The molecule has 0 radical (unpaired) electrons. The fourth-order valence-electron chi connectivity index (χ4n) is 5.48. The van der Waals surface area contributed by atoms with E-state index in [0.717, 1.165) is 37.7 Å². The number of hydrogen-bond donors (Lipinski definition) is 1. The molecule has 0 spiro atoms. The summed E-state index contributed by atoms with van der Waals surface area (Å²) in [6, 6.07) is 6.84. The van der Waals surface area contributed by atoms with Crippen molar-refractivity contribution in [1.29, 1.82) is 0 Å². The van der Waals surface area contributed by atoms with E-state index in [9.17, 15) is 4.79 Å². The molecule has 0 aromatic heterocycles. The summed E-state index contributed by atoms with van der Waals surface area (Å²) in [6.07, 6.45) is 8.56. The highest BCUT2D eigenvalue weighted by atomic mass is 16.4. The summed E-state index contributed by atoms with van der Waals surface area (Å²) in [5.41, 5.74) is 4.46. The Morgan fingerprint density at radius 2 is 1.74 bits per heavy atom. The predicted octanol–water partition coefficient (Wildman–Crippen LogP) is 5.95. The second-order valence-electron chi connectivity index (χ2n) is 10.9. The van der Waals surface area contributed by atoms with Crippen LogP contribution in [0.25, 0.3) is 0 Å². The van der Waals surface area contributed by atoms with Gasteiger partial charge < -0.3 is 10.0 Å². The minimum Gasteiger partial charge on any atom is -0.481 e. The van der Waals surface area contributed by atoms with Crippen LogP contribution in [0.2, 0.25) is 0 Å². The van der Waals surface area contributed by atoms with Gasteiger partial charge in [-0.2, -0.15) is 0 Å². The van der Waals surface area contributed by atoms with Crippen molar-refractivity contribution in [1.82, 2.24) is 4.90 Å². The molecule has 2 fully saturated rings. The van der Waals surface area contributed by atoms with Gasteiger partial charge in [0.2, 0.25) is 0 Å². The molecular weight excluding hydrogens is 384 g/mol. The molecule has 0 amide bonds. The van der Waals surface area contributed by atoms with Gasteiger partial charge >= 0.3 is 5.97 Å². The van der Waals surface area contributed by atoms with Crippen LogP contribution in [0.1, 0.15) is 89.7 Å². The summed E-state index contributed by atoms with van der Waals surface area (Å²) in [6.45, 7) is 15.1. The van der Waals surface area contributed by atoms with Gasteiger partial charge in [-0.3, -0.25) is 9.69 Å². The van der Waals surface area contributed by atoms with Crippen molar-refractivity contribution in [2.24, 2.45) is 11.3 Å². The summed E-state index contributed by atoms with van der Waals surface area (Å²) >= 11 is 0.